The maximum Gasteiger partial charge on any atom is 0.222 e. The molecule has 126 valence electrons. The van der Waals surface area contributed by atoms with Crippen LogP contribution in [0.4, 0.5) is 4.39 Å². The van der Waals surface area contributed by atoms with E-state index in [1.54, 1.807) is 6.07 Å². The smallest absolute Gasteiger partial charge is 0.222 e. The molecule has 4 nitrogen and oxygen atoms in total. The number of nitrogens with zero attached hydrogens (tertiary/aromatic N) is 1. The van der Waals surface area contributed by atoms with Gasteiger partial charge in [0.15, 0.2) is 0 Å². The summed E-state index contributed by atoms with van der Waals surface area (Å²) in [6.07, 6.45) is 2.60. The molecule has 2 aliphatic rings. The van der Waals surface area contributed by atoms with Crippen LogP contribution in [0.2, 0.25) is 5.02 Å². The van der Waals surface area contributed by atoms with E-state index in [4.69, 9.17) is 16.7 Å². The van der Waals surface area contributed by atoms with Crippen LogP contribution in [-0.4, -0.2) is 41.7 Å². The summed E-state index contributed by atoms with van der Waals surface area (Å²) in [5, 5.41) is 12.4. The first-order chi connectivity index (χ1) is 11.1. The number of halogens is 2. The van der Waals surface area contributed by atoms with Crippen molar-refractivity contribution < 1.29 is 14.3 Å². The molecule has 3 rings (SSSR count). The van der Waals surface area contributed by atoms with Gasteiger partial charge >= 0.3 is 0 Å². The molecule has 2 N–H and O–H groups in total. The lowest BCUT2D eigenvalue weighted by atomic mass is 9.98. The molecular weight excluding hydrogens is 319 g/mol. The zero-order valence-corrected chi connectivity index (χ0v) is 13.7. The number of benzene rings is 1. The molecule has 0 unspecified atom stereocenters. The molecule has 0 bridgehead atoms. The van der Waals surface area contributed by atoms with Crippen molar-refractivity contribution in [2.45, 2.75) is 31.8 Å². The molecule has 2 fully saturated rings. The topological polar surface area (TPSA) is 52.6 Å². The molecule has 1 aliphatic heterocycles. The minimum Gasteiger partial charge on any atom is -0.396 e. The highest BCUT2D eigenvalue weighted by molar-refractivity contribution is 6.31. The lowest BCUT2D eigenvalue weighted by Gasteiger charge is -2.19. The summed E-state index contributed by atoms with van der Waals surface area (Å²) in [5.41, 5.74) is 0.907. The summed E-state index contributed by atoms with van der Waals surface area (Å²) in [7, 11) is 0. The van der Waals surface area contributed by atoms with Gasteiger partial charge in [-0.1, -0.05) is 17.7 Å². The molecule has 1 amide bonds. The molecule has 2 atom stereocenters. The monoisotopic (exact) mass is 340 g/mol. The largest absolute Gasteiger partial charge is 0.396 e. The van der Waals surface area contributed by atoms with E-state index in [1.807, 2.05) is 0 Å². The van der Waals surface area contributed by atoms with Crippen molar-refractivity contribution in [3.05, 3.63) is 34.6 Å². The van der Waals surface area contributed by atoms with Crippen molar-refractivity contribution in [2.75, 3.05) is 19.7 Å². The van der Waals surface area contributed by atoms with Gasteiger partial charge in [0.2, 0.25) is 5.91 Å². The maximum atomic E-state index is 13.1. The van der Waals surface area contributed by atoms with Crippen LogP contribution in [0.15, 0.2) is 18.2 Å². The zero-order valence-electron chi connectivity index (χ0n) is 13.0. The number of hydrogen-bond acceptors (Lipinski definition) is 3. The predicted molar refractivity (Wildman–Crippen MR) is 86.5 cm³/mol. The zero-order chi connectivity index (χ0) is 16.4. The van der Waals surface area contributed by atoms with Gasteiger partial charge in [0.05, 0.1) is 6.61 Å². The van der Waals surface area contributed by atoms with E-state index in [9.17, 15) is 9.18 Å². The van der Waals surface area contributed by atoms with Crippen LogP contribution in [0.25, 0.3) is 0 Å². The van der Waals surface area contributed by atoms with Gasteiger partial charge in [0.25, 0.3) is 0 Å². The van der Waals surface area contributed by atoms with Crippen molar-refractivity contribution in [3.63, 3.8) is 0 Å². The second-order valence-corrected chi connectivity index (χ2v) is 6.99. The summed E-state index contributed by atoms with van der Waals surface area (Å²) in [4.78, 5) is 14.1. The third-order valence-corrected chi connectivity index (χ3v) is 5.11. The Morgan fingerprint density at radius 2 is 2.17 bits per heavy atom. The van der Waals surface area contributed by atoms with Gasteiger partial charge in [0, 0.05) is 37.1 Å². The maximum absolute atomic E-state index is 13.1. The second-order valence-electron chi connectivity index (χ2n) is 6.58. The van der Waals surface area contributed by atoms with Crippen LogP contribution in [0.1, 0.15) is 24.8 Å². The quantitative estimate of drug-likeness (QED) is 0.834. The summed E-state index contributed by atoms with van der Waals surface area (Å²) >= 11 is 6.12. The van der Waals surface area contributed by atoms with Gasteiger partial charge in [-0.2, -0.15) is 0 Å². The molecule has 0 aromatic heterocycles. The Bertz CT molecular complexity index is 580. The molecule has 0 radical (unpaired) electrons. The number of amides is 1. The number of nitrogens with one attached hydrogen (secondary N) is 1. The summed E-state index contributed by atoms with van der Waals surface area (Å²) in [6.45, 7) is 2.23. The fourth-order valence-corrected chi connectivity index (χ4v) is 3.70. The Hall–Kier alpha value is -1.17. The van der Waals surface area contributed by atoms with Crippen LogP contribution in [-0.2, 0) is 11.3 Å². The highest BCUT2D eigenvalue weighted by Crippen LogP contribution is 2.41. The van der Waals surface area contributed by atoms with E-state index >= 15 is 0 Å². The Kier molecular flexibility index (Phi) is 5.19. The first-order valence-electron chi connectivity index (χ1n) is 8.13. The van der Waals surface area contributed by atoms with Crippen LogP contribution in [0.3, 0.4) is 0 Å². The molecule has 1 aromatic carbocycles. The Morgan fingerprint density at radius 3 is 2.83 bits per heavy atom. The van der Waals surface area contributed by atoms with Crippen molar-refractivity contribution in [1.29, 1.82) is 0 Å². The van der Waals surface area contributed by atoms with E-state index in [-0.39, 0.29) is 30.8 Å². The SMILES string of the molecule is O=C(CCO)N[C@H]1CN(Cc2ccc(F)cc2Cl)C[C@@H]1C1CC1. The van der Waals surface area contributed by atoms with E-state index in [0.29, 0.717) is 23.4 Å². The number of aliphatic hydroxyl groups is 1. The first kappa shape index (κ1) is 16.7. The number of aliphatic hydroxyl groups excluding tert-OH is 1. The average molecular weight is 341 g/mol. The van der Waals surface area contributed by atoms with Gasteiger partial charge in [-0.15, -0.1) is 0 Å². The third-order valence-electron chi connectivity index (χ3n) is 4.76. The van der Waals surface area contributed by atoms with Crippen molar-refractivity contribution in [3.8, 4) is 0 Å². The van der Waals surface area contributed by atoms with Gasteiger partial charge in [-0.3, -0.25) is 9.69 Å². The van der Waals surface area contributed by atoms with Gasteiger partial charge in [-0.05, 0) is 42.4 Å². The molecule has 1 aliphatic carbocycles. The summed E-state index contributed by atoms with van der Waals surface area (Å²) in [5.74, 6) is 0.718. The molecule has 23 heavy (non-hydrogen) atoms. The van der Waals surface area contributed by atoms with E-state index in [2.05, 4.69) is 10.2 Å². The third kappa shape index (κ3) is 4.22. The molecule has 1 aromatic rings. The van der Waals surface area contributed by atoms with Crippen LogP contribution in [0.5, 0.6) is 0 Å². The highest BCUT2D eigenvalue weighted by atomic mass is 35.5. The first-order valence-corrected chi connectivity index (χ1v) is 8.51. The number of hydrogen-bond donors (Lipinski definition) is 2. The summed E-state index contributed by atoms with van der Waals surface area (Å²) < 4.78 is 13.1. The number of likely N-dealkylation sites (tertiary alicyclic amines) is 1. The standard InChI is InChI=1S/C17H22ClFN2O2/c18-15-7-13(19)4-3-12(15)8-21-9-14(11-1-2-11)16(10-21)20-17(23)5-6-22/h3-4,7,11,14,16,22H,1-2,5-6,8-10H2,(H,20,23)/t14-,16+/m1/s1. The van der Waals surface area contributed by atoms with Gasteiger partial charge in [0.1, 0.15) is 5.82 Å². The van der Waals surface area contributed by atoms with Gasteiger partial charge < -0.3 is 10.4 Å². The molecule has 0 spiro atoms. The van der Waals surface area contributed by atoms with E-state index < -0.39 is 0 Å². The van der Waals surface area contributed by atoms with E-state index in [0.717, 1.165) is 18.7 Å². The molecular formula is C17H22ClFN2O2. The van der Waals surface area contributed by atoms with E-state index in [1.165, 1.54) is 25.0 Å². The molecule has 1 saturated carbocycles. The molecule has 1 heterocycles. The second kappa shape index (κ2) is 7.16. The number of carbonyl (C=O) groups excluding carboxylic acids is 1. The fraction of sp³-hybridized carbons (Fsp3) is 0.588. The van der Waals surface area contributed by atoms with Crippen molar-refractivity contribution in [2.24, 2.45) is 11.8 Å². The van der Waals surface area contributed by atoms with Gasteiger partial charge in [-0.25, -0.2) is 4.39 Å². The Labute approximate surface area is 140 Å². The molecule has 6 heteroatoms. The minimum atomic E-state index is -0.329. The highest BCUT2D eigenvalue weighted by Gasteiger charge is 2.42. The average Bonchev–Trinajstić information content (AvgIpc) is 3.25. The van der Waals surface area contributed by atoms with Crippen LogP contribution < -0.4 is 5.32 Å². The van der Waals surface area contributed by atoms with Crippen LogP contribution in [0, 0.1) is 17.7 Å². The van der Waals surface area contributed by atoms with Crippen molar-refractivity contribution >= 4 is 17.5 Å². The predicted octanol–water partition coefficient (Wildman–Crippen LogP) is 2.19. The van der Waals surface area contributed by atoms with Crippen LogP contribution >= 0.6 is 11.6 Å². The Morgan fingerprint density at radius 1 is 1.39 bits per heavy atom. The lowest BCUT2D eigenvalue weighted by molar-refractivity contribution is -0.122. The van der Waals surface area contributed by atoms with Crippen molar-refractivity contribution in [1.82, 2.24) is 10.2 Å². The molecule has 1 saturated heterocycles. The lowest BCUT2D eigenvalue weighted by Crippen LogP contribution is -2.41. The normalized spacial score (nSPS) is 24.8. The fourth-order valence-electron chi connectivity index (χ4n) is 3.47. The minimum absolute atomic E-state index is 0.0928. The number of rotatable bonds is 6. The summed E-state index contributed by atoms with van der Waals surface area (Å²) in [6, 6.07) is 4.62. The Balaban J connectivity index is 1.64. The number of carbonyl (C=O) groups is 1.